The minimum Gasteiger partial charge on any atom is -0.453 e. The minimum absolute atomic E-state index is 0.0686. The van der Waals surface area contributed by atoms with Crippen LogP contribution in [0.4, 0.5) is 9.59 Å². The summed E-state index contributed by atoms with van der Waals surface area (Å²) in [6, 6.07) is 13.9. The monoisotopic (exact) mass is 526 g/mol. The van der Waals surface area contributed by atoms with Crippen molar-refractivity contribution in [2.75, 3.05) is 20.3 Å². The Labute approximate surface area is 228 Å². The molecule has 0 bridgehead atoms. The highest BCUT2D eigenvalue weighted by molar-refractivity contribution is 6.32. The molecule has 2 atom stereocenters. The molecule has 1 fully saturated rings. The normalized spacial score (nSPS) is 17.3. The van der Waals surface area contributed by atoms with Crippen LogP contribution >= 0.6 is 0 Å². The van der Waals surface area contributed by atoms with Crippen molar-refractivity contribution in [3.05, 3.63) is 71.7 Å². The molecule has 200 valence electrons. The predicted molar refractivity (Wildman–Crippen MR) is 146 cm³/mol. The number of imidazole rings is 1. The maximum atomic E-state index is 13.9. The second-order valence-corrected chi connectivity index (χ2v) is 10.3. The van der Waals surface area contributed by atoms with Crippen molar-refractivity contribution in [3.63, 3.8) is 0 Å². The van der Waals surface area contributed by atoms with Crippen LogP contribution in [0.1, 0.15) is 36.8 Å². The summed E-state index contributed by atoms with van der Waals surface area (Å²) < 4.78 is 4.75. The Hall–Kier alpha value is -4.28. The van der Waals surface area contributed by atoms with Gasteiger partial charge in [0.1, 0.15) is 25.8 Å². The van der Waals surface area contributed by atoms with Gasteiger partial charge in [-0.05, 0) is 22.6 Å². The lowest BCUT2D eigenvalue weighted by Gasteiger charge is -2.29. The number of ether oxygens (including phenoxy) is 1. The number of nitrogens with one attached hydrogen (secondary N) is 2. The first-order valence-corrected chi connectivity index (χ1v) is 12.9. The second kappa shape index (κ2) is 10.8. The number of hydrogen-bond acceptors (Lipinski definition) is 5. The summed E-state index contributed by atoms with van der Waals surface area (Å²) in [5.74, 6) is 0.0265. The number of urea groups is 1. The van der Waals surface area contributed by atoms with Crippen LogP contribution in [0.15, 0.2) is 54.7 Å². The van der Waals surface area contributed by atoms with Gasteiger partial charge in [-0.25, -0.2) is 14.6 Å². The van der Waals surface area contributed by atoms with E-state index in [1.165, 1.54) is 7.11 Å². The van der Waals surface area contributed by atoms with Crippen LogP contribution in [0.2, 0.25) is 0 Å². The Morgan fingerprint density at radius 2 is 1.72 bits per heavy atom. The molecule has 3 heterocycles. The zero-order valence-electron chi connectivity index (χ0n) is 22.3. The SMILES string of the molecule is [B]c1ccc(-c2cnc(C3CN(C(=O)N4Cc5ccccc5C4)CN3C(=O)[C@@H](NC(=O)OC)C(C)C)[nH]2)cc1. The molecule has 3 aromatic rings. The first-order chi connectivity index (χ1) is 18.7. The number of amides is 4. The van der Waals surface area contributed by atoms with E-state index in [2.05, 4.69) is 15.3 Å². The summed E-state index contributed by atoms with van der Waals surface area (Å²) in [5, 5.41) is 2.65. The number of alkyl carbamates (subject to hydrolysis) is 1. The summed E-state index contributed by atoms with van der Waals surface area (Å²) in [6.45, 7) is 5.06. The zero-order chi connectivity index (χ0) is 27.7. The van der Waals surface area contributed by atoms with Gasteiger partial charge < -0.3 is 29.7 Å². The number of carbonyl (C=O) groups is 3. The molecule has 1 unspecified atom stereocenters. The van der Waals surface area contributed by atoms with Gasteiger partial charge in [-0.15, -0.1) is 0 Å². The highest BCUT2D eigenvalue weighted by Crippen LogP contribution is 2.32. The predicted octanol–water partition coefficient (Wildman–Crippen LogP) is 2.53. The van der Waals surface area contributed by atoms with Crippen molar-refractivity contribution in [1.29, 1.82) is 0 Å². The number of methoxy groups -OCH3 is 1. The molecule has 39 heavy (non-hydrogen) atoms. The van der Waals surface area contributed by atoms with Crippen molar-refractivity contribution in [2.45, 2.75) is 39.0 Å². The number of aromatic nitrogens is 2. The standard InChI is InChI=1S/C28H31BN6O4/c1-17(2)24(32-27(37)39-3)26(36)35-16-34(28(38)33-13-19-6-4-5-7-20(19)14-33)15-23(35)25-30-12-22(31-25)18-8-10-21(29)11-9-18/h4-12,17,23-24H,13-16H2,1-3H3,(H,30,31)(H,32,37)/t23?,24-/m0/s1. The number of carbonyl (C=O) groups excluding carboxylic acids is 3. The van der Waals surface area contributed by atoms with Gasteiger partial charge in [0.05, 0.1) is 32.2 Å². The minimum atomic E-state index is -0.836. The van der Waals surface area contributed by atoms with Crippen LogP contribution in [-0.4, -0.2) is 76.9 Å². The first-order valence-electron chi connectivity index (χ1n) is 12.9. The summed E-state index contributed by atoms with van der Waals surface area (Å²) in [7, 11) is 7.09. The van der Waals surface area contributed by atoms with E-state index in [-0.39, 0.29) is 31.1 Å². The summed E-state index contributed by atoms with van der Waals surface area (Å²) in [6.07, 6.45) is 1.02. The topological polar surface area (TPSA) is 111 Å². The van der Waals surface area contributed by atoms with Gasteiger partial charge in [-0.3, -0.25) is 4.79 Å². The van der Waals surface area contributed by atoms with Crippen molar-refractivity contribution >= 4 is 31.3 Å². The number of rotatable bonds is 5. The summed E-state index contributed by atoms with van der Waals surface area (Å²) in [5.41, 5.74) is 4.56. The van der Waals surface area contributed by atoms with E-state index in [9.17, 15) is 14.4 Å². The molecule has 2 aliphatic heterocycles. The van der Waals surface area contributed by atoms with Gasteiger partial charge in [-0.1, -0.05) is 67.8 Å². The molecule has 11 heteroatoms. The van der Waals surface area contributed by atoms with E-state index < -0.39 is 18.2 Å². The Kier molecular flexibility index (Phi) is 7.32. The molecule has 2 radical (unpaired) electrons. The highest BCUT2D eigenvalue weighted by Gasteiger charge is 2.43. The molecule has 5 rings (SSSR count). The lowest BCUT2D eigenvalue weighted by Crippen LogP contribution is -2.52. The van der Waals surface area contributed by atoms with Crippen molar-refractivity contribution < 1.29 is 19.1 Å². The Morgan fingerprint density at radius 3 is 2.33 bits per heavy atom. The number of nitrogens with zero attached hydrogens (tertiary/aromatic N) is 4. The third kappa shape index (κ3) is 5.34. The molecule has 1 saturated heterocycles. The van der Waals surface area contributed by atoms with Crippen molar-refractivity contribution in [3.8, 4) is 11.3 Å². The van der Waals surface area contributed by atoms with Crippen LogP contribution in [0.25, 0.3) is 11.3 Å². The first kappa shape index (κ1) is 26.3. The zero-order valence-corrected chi connectivity index (χ0v) is 22.3. The number of aromatic amines is 1. The number of benzene rings is 2. The molecule has 2 N–H and O–H groups in total. The maximum absolute atomic E-state index is 13.9. The summed E-state index contributed by atoms with van der Waals surface area (Å²) >= 11 is 0. The van der Waals surface area contributed by atoms with Crippen LogP contribution in [-0.2, 0) is 22.6 Å². The Morgan fingerprint density at radius 1 is 1.05 bits per heavy atom. The van der Waals surface area contributed by atoms with Crippen LogP contribution in [0, 0.1) is 5.92 Å². The summed E-state index contributed by atoms with van der Waals surface area (Å²) in [4.78, 5) is 52.5. The smallest absolute Gasteiger partial charge is 0.407 e. The van der Waals surface area contributed by atoms with E-state index in [0.29, 0.717) is 24.4 Å². The average molecular weight is 526 g/mol. The van der Waals surface area contributed by atoms with E-state index in [1.54, 1.807) is 33.0 Å². The average Bonchev–Trinajstić information content (AvgIpc) is 3.69. The lowest BCUT2D eigenvalue weighted by molar-refractivity contribution is -0.135. The van der Waals surface area contributed by atoms with Crippen LogP contribution in [0.3, 0.4) is 0 Å². The molecular formula is C28H31BN6O4. The molecule has 4 amide bonds. The quantitative estimate of drug-likeness (QED) is 0.497. The van der Waals surface area contributed by atoms with Crippen molar-refractivity contribution in [2.24, 2.45) is 5.92 Å². The van der Waals surface area contributed by atoms with E-state index in [4.69, 9.17) is 12.6 Å². The van der Waals surface area contributed by atoms with Gasteiger partial charge >= 0.3 is 12.1 Å². The Bertz CT molecular complexity index is 1350. The molecule has 1 aromatic heterocycles. The Balaban J connectivity index is 1.42. The van der Waals surface area contributed by atoms with E-state index in [1.807, 2.05) is 50.2 Å². The van der Waals surface area contributed by atoms with Gasteiger partial charge in [0.15, 0.2) is 0 Å². The molecule has 2 aromatic carbocycles. The second-order valence-electron chi connectivity index (χ2n) is 10.3. The highest BCUT2D eigenvalue weighted by atomic mass is 16.5. The van der Waals surface area contributed by atoms with E-state index in [0.717, 1.165) is 22.4 Å². The number of fused-ring (bicyclic) bond motifs is 1. The fourth-order valence-electron chi connectivity index (χ4n) is 5.11. The molecule has 0 aliphatic carbocycles. The third-order valence-corrected chi connectivity index (χ3v) is 7.28. The number of hydrogen-bond donors (Lipinski definition) is 2. The molecule has 0 saturated carbocycles. The van der Waals surface area contributed by atoms with Crippen molar-refractivity contribution in [1.82, 2.24) is 30.0 Å². The maximum Gasteiger partial charge on any atom is 0.407 e. The molecular weight excluding hydrogens is 495 g/mol. The van der Waals surface area contributed by atoms with Crippen LogP contribution in [0.5, 0.6) is 0 Å². The van der Waals surface area contributed by atoms with Crippen LogP contribution < -0.4 is 10.8 Å². The fourth-order valence-corrected chi connectivity index (χ4v) is 5.11. The fraction of sp³-hybridized carbons (Fsp3) is 0.357. The largest absolute Gasteiger partial charge is 0.453 e. The van der Waals surface area contributed by atoms with Gasteiger partial charge in [0.2, 0.25) is 5.91 Å². The molecule has 2 aliphatic rings. The van der Waals surface area contributed by atoms with Gasteiger partial charge in [0.25, 0.3) is 0 Å². The molecule has 0 spiro atoms. The lowest BCUT2D eigenvalue weighted by atomic mass is 9.95. The molecule has 10 nitrogen and oxygen atoms in total. The number of H-pyrrole nitrogens is 1. The van der Waals surface area contributed by atoms with E-state index >= 15 is 0 Å². The third-order valence-electron chi connectivity index (χ3n) is 7.28. The van der Waals surface area contributed by atoms with Gasteiger partial charge in [-0.2, -0.15) is 0 Å². The van der Waals surface area contributed by atoms with Gasteiger partial charge in [0, 0.05) is 13.1 Å².